The summed E-state index contributed by atoms with van der Waals surface area (Å²) in [5.41, 5.74) is -0.708. The van der Waals surface area contributed by atoms with E-state index in [1.165, 1.54) is 9.78 Å². The van der Waals surface area contributed by atoms with E-state index in [1.54, 1.807) is 11.3 Å². The Balaban J connectivity index is 1.24. The molecule has 0 aromatic carbocycles. The van der Waals surface area contributed by atoms with Gasteiger partial charge in [-0.25, -0.2) is 4.79 Å². The lowest BCUT2D eigenvalue weighted by Crippen LogP contribution is -2.49. The zero-order chi connectivity index (χ0) is 20.4. The van der Waals surface area contributed by atoms with E-state index in [2.05, 4.69) is 38.3 Å². The Kier molecular flexibility index (Phi) is 6.27. The average Bonchev–Trinajstić information content (AvgIpc) is 3.22. The first-order valence-corrected chi connectivity index (χ1v) is 12.0. The van der Waals surface area contributed by atoms with Gasteiger partial charge in [-0.1, -0.05) is 19.3 Å². The molecule has 158 valence electrons. The molecule has 4 rings (SSSR count). The standard InChI is InChI=1S/C20H27BrN4O3S/c21-16-5-4-15(29-16)14-23-10-12-24(13-11-23)17(26)6-9-25-18(27)20(22-19(25)28)7-2-1-3-8-20/h4-5H,1-3,6-14H2,(H,22,28). The maximum atomic E-state index is 12.8. The van der Waals surface area contributed by atoms with E-state index in [4.69, 9.17) is 0 Å². The first kappa shape index (κ1) is 20.8. The van der Waals surface area contributed by atoms with Crippen molar-refractivity contribution in [3.05, 3.63) is 20.8 Å². The maximum absolute atomic E-state index is 12.8. The van der Waals surface area contributed by atoms with Crippen molar-refractivity contribution in [1.82, 2.24) is 20.0 Å². The molecule has 0 atom stereocenters. The van der Waals surface area contributed by atoms with Gasteiger partial charge in [0.15, 0.2) is 0 Å². The van der Waals surface area contributed by atoms with Crippen LogP contribution >= 0.6 is 27.3 Å². The Bertz CT molecular complexity index is 784. The summed E-state index contributed by atoms with van der Waals surface area (Å²) in [5.74, 6) is -0.115. The lowest BCUT2D eigenvalue weighted by atomic mass is 9.82. The summed E-state index contributed by atoms with van der Waals surface area (Å²) in [6.07, 6.45) is 4.67. The molecule has 7 nitrogen and oxygen atoms in total. The van der Waals surface area contributed by atoms with E-state index in [0.29, 0.717) is 25.9 Å². The van der Waals surface area contributed by atoms with E-state index < -0.39 is 5.54 Å². The fourth-order valence-electron chi connectivity index (χ4n) is 4.55. The number of imide groups is 1. The number of amides is 4. The Morgan fingerprint density at radius 3 is 2.48 bits per heavy atom. The molecule has 4 amide bonds. The molecule has 2 aliphatic heterocycles. The van der Waals surface area contributed by atoms with Crippen LogP contribution in [0.1, 0.15) is 43.4 Å². The van der Waals surface area contributed by atoms with Gasteiger partial charge in [-0.15, -0.1) is 11.3 Å². The number of nitrogens with zero attached hydrogens (tertiary/aromatic N) is 3. The van der Waals surface area contributed by atoms with Crippen LogP contribution in [0.15, 0.2) is 15.9 Å². The molecule has 3 aliphatic rings. The average molecular weight is 483 g/mol. The van der Waals surface area contributed by atoms with Gasteiger partial charge in [0.05, 0.1) is 3.79 Å². The smallest absolute Gasteiger partial charge is 0.325 e. The van der Waals surface area contributed by atoms with Crippen molar-refractivity contribution in [1.29, 1.82) is 0 Å². The largest absolute Gasteiger partial charge is 0.340 e. The predicted octanol–water partition coefficient (Wildman–Crippen LogP) is 2.80. The monoisotopic (exact) mass is 482 g/mol. The van der Waals surface area contributed by atoms with Crippen molar-refractivity contribution in [3.8, 4) is 0 Å². The summed E-state index contributed by atoms with van der Waals surface area (Å²) >= 11 is 5.23. The minimum atomic E-state index is -0.708. The molecular weight excluding hydrogens is 456 g/mol. The van der Waals surface area contributed by atoms with Gasteiger partial charge in [-0.05, 0) is 40.9 Å². The van der Waals surface area contributed by atoms with Crippen LogP contribution < -0.4 is 5.32 Å². The van der Waals surface area contributed by atoms with Crippen LogP contribution in [0.5, 0.6) is 0 Å². The summed E-state index contributed by atoms with van der Waals surface area (Å²) < 4.78 is 1.14. The third kappa shape index (κ3) is 4.51. The highest BCUT2D eigenvalue weighted by Crippen LogP contribution is 2.33. The molecule has 1 aliphatic carbocycles. The summed E-state index contributed by atoms with van der Waals surface area (Å²) in [7, 11) is 0. The van der Waals surface area contributed by atoms with Crippen molar-refractivity contribution in [3.63, 3.8) is 0 Å². The molecule has 3 fully saturated rings. The Morgan fingerprint density at radius 1 is 1.10 bits per heavy atom. The van der Waals surface area contributed by atoms with Gasteiger partial charge in [-0.2, -0.15) is 0 Å². The van der Waals surface area contributed by atoms with Crippen molar-refractivity contribution < 1.29 is 14.4 Å². The van der Waals surface area contributed by atoms with Gasteiger partial charge in [0, 0.05) is 50.6 Å². The van der Waals surface area contributed by atoms with E-state index in [9.17, 15) is 14.4 Å². The number of hydrogen-bond acceptors (Lipinski definition) is 5. The third-order valence-electron chi connectivity index (χ3n) is 6.24. The summed E-state index contributed by atoms with van der Waals surface area (Å²) in [6, 6.07) is 3.85. The molecule has 2 saturated heterocycles. The van der Waals surface area contributed by atoms with E-state index in [0.717, 1.165) is 42.7 Å². The van der Waals surface area contributed by atoms with Gasteiger partial charge >= 0.3 is 6.03 Å². The second-order valence-corrected chi connectivity index (χ2v) is 10.7. The number of carbonyl (C=O) groups excluding carboxylic acids is 3. The van der Waals surface area contributed by atoms with Gasteiger partial charge in [0.2, 0.25) is 5.91 Å². The number of piperazine rings is 1. The molecule has 1 N–H and O–H groups in total. The van der Waals surface area contributed by atoms with Gasteiger partial charge in [0.1, 0.15) is 5.54 Å². The molecule has 1 saturated carbocycles. The molecular formula is C20H27BrN4O3S. The van der Waals surface area contributed by atoms with Crippen LogP contribution in [-0.2, 0) is 16.1 Å². The number of urea groups is 1. The molecule has 29 heavy (non-hydrogen) atoms. The van der Waals surface area contributed by atoms with Gasteiger partial charge in [-0.3, -0.25) is 19.4 Å². The fraction of sp³-hybridized carbons (Fsp3) is 0.650. The zero-order valence-corrected chi connectivity index (χ0v) is 18.9. The molecule has 0 unspecified atom stereocenters. The van der Waals surface area contributed by atoms with E-state index >= 15 is 0 Å². The van der Waals surface area contributed by atoms with Crippen LogP contribution in [0.3, 0.4) is 0 Å². The SMILES string of the molecule is O=C(CCN1C(=O)NC2(CCCCC2)C1=O)N1CCN(Cc2ccc(Br)s2)CC1. The second-order valence-electron chi connectivity index (χ2n) is 8.14. The Hall–Kier alpha value is -1.45. The number of nitrogens with one attached hydrogen (secondary N) is 1. The number of hydrogen-bond donors (Lipinski definition) is 1. The summed E-state index contributed by atoms with van der Waals surface area (Å²) in [6.45, 7) is 4.14. The molecule has 0 radical (unpaired) electrons. The molecule has 3 heterocycles. The summed E-state index contributed by atoms with van der Waals surface area (Å²) in [5, 5.41) is 2.91. The van der Waals surface area contributed by atoms with E-state index in [1.807, 2.05) is 4.90 Å². The van der Waals surface area contributed by atoms with Crippen LogP contribution in [0.2, 0.25) is 0 Å². The lowest BCUT2D eigenvalue weighted by Gasteiger charge is -2.34. The fourth-order valence-corrected chi connectivity index (χ4v) is 6.08. The minimum absolute atomic E-state index is 0.0220. The molecule has 0 bridgehead atoms. The van der Waals surface area contributed by atoms with Crippen molar-refractivity contribution in [2.75, 3.05) is 32.7 Å². The molecule has 9 heteroatoms. The van der Waals surface area contributed by atoms with E-state index in [-0.39, 0.29) is 30.8 Å². The quantitative estimate of drug-likeness (QED) is 0.654. The Labute approximate surface area is 183 Å². The minimum Gasteiger partial charge on any atom is -0.340 e. The van der Waals surface area contributed by atoms with Crippen molar-refractivity contribution in [2.45, 2.75) is 50.6 Å². The molecule has 1 aromatic rings. The van der Waals surface area contributed by atoms with Crippen LogP contribution in [0, 0.1) is 0 Å². The maximum Gasteiger partial charge on any atom is 0.325 e. The zero-order valence-electron chi connectivity index (χ0n) is 16.5. The Morgan fingerprint density at radius 2 is 1.83 bits per heavy atom. The normalized spacial score (nSPS) is 22.4. The second kappa shape index (κ2) is 8.73. The molecule has 1 aromatic heterocycles. The first-order chi connectivity index (χ1) is 14.0. The highest BCUT2D eigenvalue weighted by atomic mass is 79.9. The van der Waals surface area contributed by atoms with Crippen molar-refractivity contribution in [2.24, 2.45) is 0 Å². The van der Waals surface area contributed by atoms with Crippen LogP contribution in [0.4, 0.5) is 4.79 Å². The predicted molar refractivity (Wildman–Crippen MR) is 115 cm³/mol. The lowest BCUT2D eigenvalue weighted by molar-refractivity contribution is -0.135. The number of halogens is 1. The van der Waals surface area contributed by atoms with Crippen LogP contribution in [0.25, 0.3) is 0 Å². The highest BCUT2D eigenvalue weighted by Gasteiger charge is 2.51. The first-order valence-electron chi connectivity index (χ1n) is 10.4. The van der Waals surface area contributed by atoms with Crippen LogP contribution in [-0.4, -0.2) is 70.8 Å². The van der Waals surface area contributed by atoms with Crippen molar-refractivity contribution >= 4 is 45.1 Å². The van der Waals surface area contributed by atoms with Gasteiger partial charge < -0.3 is 10.2 Å². The topological polar surface area (TPSA) is 73.0 Å². The highest BCUT2D eigenvalue weighted by molar-refractivity contribution is 9.11. The number of carbonyl (C=O) groups is 3. The summed E-state index contributed by atoms with van der Waals surface area (Å²) in [4.78, 5) is 44.6. The number of rotatable bonds is 5. The molecule has 1 spiro atoms. The van der Waals surface area contributed by atoms with Gasteiger partial charge in [0.25, 0.3) is 5.91 Å². The third-order valence-corrected chi connectivity index (χ3v) is 7.84. The number of thiophene rings is 1.